The van der Waals surface area contributed by atoms with Gasteiger partial charge in [0.25, 0.3) is 5.91 Å². The molecule has 1 amide bonds. The van der Waals surface area contributed by atoms with Crippen LogP contribution in [0.5, 0.6) is 0 Å². The molecule has 1 fully saturated rings. The fourth-order valence-electron chi connectivity index (χ4n) is 2.76. The minimum absolute atomic E-state index is 0.0346. The monoisotopic (exact) mass is 288 g/mol. The highest BCUT2D eigenvalue weighted by atomic mass is 35.5. The van der Waals surface area contributed by atoms with E-state index in [1.165, 1.54) is 0 Å². The first kappa shape index (κ1) is 13.4. The van der Waals surface area contributed by atoms with Crippen LogP contribution in [-0.2, 0) is 0 Å². The lowest BCUT2D eigenvalue weighted by atomic mass is 9.84. The van der Waals surface area contributed by atoms with Crippen LogP contribution in [0.4, 0.5) is 0 Å². The van der Waals surface area contributed by atoms with Crippen molar-refractivity contribution in [2.45, 2.75) is 18.2 Å². The van der Waals surface area contributed by atoms with Crippen LogP contribution >= 0.6 is 11.6 Å². The first-order valence-corrected chi connectivity index (χ1v) is 7.32. The van der Waals surface area contributed by atoms with Crippen molar-refractivity contribution in [3.63, 3.8) is 0 Å². The van der Waals surface area contributed by atoms with Crippen LogP contribution in [0.15, 0.2) is 36.5 Å². The Balaban J connectivity index is 1.81. The summed E-state index contributed by atoms with van der Waals surface area (Å²) in [6, 6.07) is 9.59. The maximum atomic E-state index is 12.6. The van der Waals surface area contributed by atoms with Gasteiger partial charge in [-0.25, -0.2) is 0 Å². The zero-order chi connectivity index (χ0) is 14.1. The first-order chi connectivity index (χ1) is 9.65. The van der Waals surface area contributed by atoms with E-state index in [9.17, 15) is 4.79 Å². The summed E-state index contributed by atoms with van der Waals surface area (Å²) in [5.74, 6) is 0.571. The SMILES string of the molecule is CN(CC1CC(Cl)C1)C(=O)c1cccc2cccnc12. The zero-order valence-electron chi connectivity index (χ0n) is 11.4. The second-order valence-electron chi connectivity index (χ2n) is 5.50. The molecule has 0 bridgehead atoms. The van der Waals surface area contributed by atoms with Crippen molar-refractivity contribution in [2.24, 2.45) is 5.92 Å². The fraction of sp³-hybridized carbons (Fsp3) is 0.375. The van der Waals surface area contributed by atoms with Gasteiger partial charge in [0, 0.05) is 30.6 Å². The van der Waals surface area contributed by atoms with Crippen molar-refractivity contribution in [3.05, 3.63) is 42.1 Å². The molecular weight excluding hydrogens is 272 g/mol. The lowest BCUT2D eigenvalue weighted by Crippen LogP contribution is -2.38. The van der Waals surface area contributed by atoms with Gasteiger partial charge in [0.15, 0.2) is 0 Å². The smallest absolute Gasteiger partial charge is 0.255 e. The first-order valence-electron chi connectivity index (χ1n) is 6.88. The predicted molar refractivity (Wildman–Crippen MR) is 81.1 cm³/mol. The molecule has 20 heavy (non-hydrogen) atoms. The quantitative estimate of drug-likeness (QED) is 0.812. The zero-order valence-corrected chi connectivity index (χ0v) is 12.2. The normalized spacial score (nSPS) is 21.5. The summed E-state index contributed by atoms with van der Waals surface area (Å²) in [5, 5.41) is 1.29. The minimum atomic E-state index is 0.0346. The molecule has 0 atom stereocenters. The van der Waals surface area contributed by atoms with Crippen molar-refractivity contribution in [2.75, 3.05) is 13.6 Å². The number of aromatic nitrogens is 1. The lowest BCUT2D eigenvalue weighted by Gasteiger charge is -2.34. The molecule has 1 heterocycles. The van der Waals surface area contributed by atoms with Gasteiger partial charge in [-0.05, 0) is 30.9 Å². The number of fused-ring (bicyclic) bond motifs is 1. The van der Waals surface area contributed by atoms with Gasteiger partial charge >= 0.3 is 0 Å². The molecule has 3 nitrogen and oxygen atoms in total. The third-order valence-electron chi connectivity index (χ3n) is 3.92. The van der Waals surface area contributed by atoms with Crippen LogP contribution < -0.4 is 0 Å². The van der Waals surface area contributed by atoms with Crippen LogP contribution in [0.3, 0.4) is 0 Å². The van der Waals surface area contributed by atoms with Crippen molar-refractivity contribution in [3.8, 4) is 0 Å². The van der Waals surface area contributed by atoms with E-state index in [4.69, 9.17) is 11.6 Å². The Morgan fingerprint density at radius 3 is 2.85 bits per heavy atom. The number of carbonyl (C=O) groups excluding carboxylic acids is 1. The third kappa shape index (κ3) is 2.50. The van der Waals surface area contributed by atoms with E-state index in [-0.39, 0.29) is 5.91 Å². The van der Waals surface area contributed by atoms with Crippen LogP contribution in [-0.4, -0.2) is 34.8 Å². The Bertz CT molecular complexity index is 632. The highest BCUT2D eigenvalue weighted by Crippen LogP contribution is 2.32. The number of amides is 1. The Kier molecular flexibility index (Phi) is 3.62. The number of rotatable bonds is 3. The van der Waals surface area contributed by atoms with Gasteiger partial charge in [0.2, 0.25) is 0 Å². The predicted octanol–water partition coefficient (Wildman–Crippen LogP) is 3.32. The molecule has 4 heteroatoms. The van der Waals surface area contributed by atoms with Crippen molar-refractivity contribution < 1.29 is 4.79 Å². The maximum absolute atomic E-state index is 12.6. The van der Waals surface area contributed by atoms with E-state index in [0.717, 1.165) is 30.3 Å². The number of halogens is 1. The molecule has 1 aliphatic rings. The average molecular weight is 289 g/mol. The lowest BCUT2D eigenvalue weighted by molar-refractivity contribution is 0.0748. The van der Waals surface area contributed by atoms with E-state index in [0.29, 0.717) is 16.9 Å². The van der Waals surface area contributed by atoms with Crippen LogP contribution in [0, 0.1) is 5.92 Å². The molecular formula is C16H17ClN2O. The van der Waals surface area contributed by atoms with Gasteiger partial charge in [-0.1, -0.05) is 18.2 Å². The van der Waals surface area contributed by atoms with Gasteiger partial charge < -0.3 is 4.90 Å². The van der Waals surface area contributed by atoms with Gasteiger partial charge in [0.1, 0.15) is 0 Å². The number of nitrogens with zero attached hydrogens (tertiary/aromatic N) is 2. The highest BCUT2D eigenvalue weighted by molar-refractivity contribution is 6.21. The summed E-state index contributed by atoms with van der Waals surface area (Å²) >= 11 is 5.99. The second-order valence-corrected chi connectivity index (χ2v) is 6.12. The Labute approximate surface area is 123 Å². The summed E-state index contributed by atoms with van der Waals surface area (Å²) < 4.78 is 0. The number of carbonyl (C=O) groups is 1. The minimum Gasteiger partial charge on any atom is -0.341 e. The molecule has 3 rings (SSSR count). The number of hydrogen-bond acceptors (Lipinski definition) is 2. The van der Waals surface area contributed by atoms with Gasteiger partial charge in [-0.15, -0.1) is 11.6 Å². The number of hydrogen-bond donors (Lipinski definition) is 0. The largest absolute Gasteiger partial charge is 0.341 e. The Hall–Kier alpha value is -1.61. The number of para-hydroxylation sites is 1. The molecule has 0 N–H and O–H groups in total. The second kappa shape index (κ2) is 5.41. The van der Waals surface area contributed by atoms with E-state index < -0.39 is 0 Å². The molecule has 1 aliphatic carbocycles. The fourth-order valence-corrected chi connectivity index (χ4v) is 3.26. The number of pyridine rings is 1. The standard InChI is InChI=1S/C16H17ClN2O/c1-19(10-11-8-13(17)9-11)16(20)14-6-2-4-12-5-3-7-18-15(12)14/h2-7,11,13H,8-10H2,1H3. The van der Waals surface area contributed by atoms with Gasteiger partial charge in [-0.2, -0.15) is 0 Å². The molecule has 104 valence electrons. The molecule has 1 aromatic carbocycles. The molecule has 1 saturated carbocycles. The van der Waals surface area contributed by atoms with Gasteiger partial charge in [-0.3, -0.25) is 9.78 Å². The number of benzene rings is 1. The summed E-state index contributed by atoms with van der Waals surface area (Å²) in [4.78, 5) is 18.7. The topological polar surface area (TPSA) is 33.2 Å². The highest BCUT2D eigenvalue weighted by Gasteiger charge is 2.29. The van der Waals surface area contributed by atoms with Crippen LogP contribution in [0.2, 0.25) is 0 Å². The number of alkyl halides is 1. The molecule has 0 radical (unpaired) electrons. The van der Waals surface area contributed by atoms with Crippen molar-refractivity contribution in [1.82, 2.24) is 9.88 Å². The van der Waals surface area contributed by atoms with Crippen molar-refractivity contribution in [1.29, 1.82) is 0 Å². The molecule has 0 saturated heterocycles. The summed E-state index contributed by atoms with van der Waals surface area (Å²) in [7, 11) is 1.85. The van der Waals surface area contributed by atoms with E-state index in [1.807, 2.05) is 37.4 Å². The molecule has 0 spiro atoms. The van der Waals surface area contributed by atoms with E-state index in [1.54, 1.807) is 11.1 Å². The third-order valence-corrected chi connectivity index (χ3v) is 4.28. The van der Waals surface area contributed by atoms with E-state index in [2.05, 4.69) is 4.98 Å². The maximum Gasteiger partial charge on any atom is 0.255 e. The summed E-state index contributed by atoms with van der Waals surface area (Å²) in [6.07, 6.45) is 3.74. The summed E-state index contributed by atoms with van der Waals surface area (Å²) in [5.41, 5.74) is 1.45. The van der Waals surface area contributed by atoms with Crippen LogP contribution in [0.25, 0.3) is 10.9 Å². The Morgan fingerprint density at radius 2 is 2.10 bits per heavy atom. The van der Waals surface area contributed by atoms with Crippen molar-refractivity contribution >= 4 is 28.4 Å². The van der Waals surface area contributed by atoms with Crippen LogP contribution in [0.1, 0.15) is 23.2 Å². The van der Waals surface area contributed by atoms with Gasteiger partial charge in [0.05, 0.1) is 11.1 Å². The molecule has 1 aromatic heterocycles. The Morgan fingerprint density at radius 1 is 1.35 bits per heavy atom. The molecule has 0 unspecified atom stereocenters. The molecule has 0 aliphatic heterocycles. The average Bonchev–Trinajstić information content (AvgIpc) is 2.44. The van der Waals surface area contributed by atoms with E-state index >= 15 is 0 Å². The molecule has 2 aromatic rings. The summed E-state index contributed by atoms with van der Waals surface area (Å²) in [6.45, 7) is 0.769.